The molecular formula is C20H24ClN3O5. The van der Waals surface area contributed by atoms with Crippen LogP contribution in [0.1, 0.15) is 23.7 Å². The average Bonchev–Trinajstić information content (AvgIpc) is 2.67. The second-order valence-electron chi connectivity index (χ2n) is 6.80. The van der Waals surface area contributed by atoms with Crippen molar-refractivity contribution < 1.29 is 19.2 Å². The van der Waals surface area contributed by atoms with Gasteiger partial charge in [-0.25, -0.2) is 0 Å². The van der Waals surface area contributed by atoms with E-state index >= 15 is 0 Å². The monoisotopic (exact) mass is 421 g/mol. The van der Waals surface area contributed by atoms with Crippen molar-refractivity contribution in [1.82, 2.24) is 10.2 Å². The highest BCUT2D eigenvalue weighted by Gasteiger charge is 2.19. The second kappa shape index (κ2) is 10.1. The van der Waals surface area contributed by atoms with Crippen LogP contribution in [0.2, 0.25) is 5.02 Å². The molecule has 2 rings (SSSR count). The standard InChI is InChI=1S/C20H24ClN3O5/c1-13(9-10-23(2)3)22-20(25)14-5-7-18(19(11-14)28-4)29-17-8-6-15(21)12-16(17)24(26)27/h5-8,11-13H,9-10H2,1-4H3,(H,22,25). The summed E-state index contributed by atoms with van der Waals surface area (Å²) in [7, 11) is 5.38. The Labute approximate surface area is 174 Å². The van der Waals surface area contributed by atoms with Crippen molar-refractivity contribution in [2.24, 2.45) is 0 Å². The average molecular weight is 422 g/mol. The van der Waals surface area contributed by atoms with E-state index in [0.29, 0.717) is 5.56 Å². The van der Waals surface area contributed by atoms with Crippen LogP contribution in [0.25, 0.3) is 0 Å². The van der Waals surface area contributed by atoms with E-state index in [1.165, 1.54) is 37.4 Å². The lowest BCUT2D eigenvalue weighted by Crippen LogP contribution is -2.34. The van der Waals surface area contributed by atoms with Gasteiger partial charge in [-0.2, -0.15) is 0 Å². The van der Waals surface area contributed by atoms with Crippen molar-refractivity contribution in [3.05, 3.63) is 57.1 Å². The number of hydrogen-bond acceptors (Lipinski definition) is 6. The molecule has 1 amide bonds. The first kappa shape index (κ1) is 22.4. The number of nitrogens with one attached hydrogen (secondary N) is 1. The van der Waals surface area contributed by atoms with Crippen molar-refractivity contribution in [3.8, 4) is 17.2 Å². The zero-order valence-electron chi connectivity index (χ0n) is 16.8. The third-order valence-electron chi connectivity index (χ3n) is 4.15. The van der Waals surface area contributed by atoms with Crippen molar-refractivity contribution in [2.75, 3.05) is 27.7 Å². The maximum Gasteiger partial charge on any atom is 0.313 e. The van der Waals surface area contributed by atoms with Gasteiger partial charge in [0.2, 0.25) is 5.75 Å². The number of ether oxygens (including phenoxy) is 2. The Bertz CT molecular complexity index is 888. The largest absolute Gasteiger partial charge is 0.493 e. The van der Waals surface area contributed by atoms with E-state index in [0.717, 1.165) is 13.0 Å². The van der Waals surface area contributed by atoms with Crippen LogP contribution >= 0.6 is 11.6 Å². The lowest BCUT2D eigenvalue weighted by Gasteiger charge is -2.17. The summed E-state index contributed by atoms with van der Waals surface area (Å²) in [4.78, 5) is 25.2. The minimum Gasteiger partial charge on any atom is -0.493 e. The fourth-order valence-electron chi connectivity index (χ4n) is 2.56. The SMILES string of the molecule is COc1cc(C(=O)NC(C)CCN(C)C)ccc1Oc1ccc(Cl)cc1[N+](=O)[O-]. The van der Waals surface area contributed by atoms with E-state index < -0.39 is 4.92 Å². The Kier molecular flexibility index (Phi) is 7.81. The highest BCUT2D eigenvalue weighted by Crippen LogP contribution is 2.37. The van der Waals surface area contributed by atoms with Crippen LogP contribution in [-0.2, 0) is 0 Å². The molecular weight excluding hydrogens is 398 g/mol. The van der Waals surface area contributed by atoms with Gasteiger partial charge >= 0.3 is 5.69 Å². The molecule has 29 heavy (non-hydrogen) atoms. The summed E-state index contributed by atoms with van der Waals surface area (Å²) >= 11 is 5.83. The van der Waals surface area contributed by atoms with Gasteiger partial charge in [0, 0.05) is 22.7 Å². The van der Waals surface area contributed by atoms with E-state index in [9.17, 15) is 14.9 Å². The van der Waals surface area contributed by atoms with E-state index in [1.807, 2.05) is 25.9 Å². The van der Waals surface area contributed by atoms with E-state index in [4.69, 9.17) is 21.1 Å². The van der Waals surface area contributed by atoms with Gasteiger partial charge in [0.1, 0.15) is 0 Å². The van der Waals surface area contributed by atoms with Crippen LogP contribution in [0.15, 0.2) is 36.4 Å². The lowest BCUT2D eigenvalue weighted by atomic mass is 10.1. The summed E-state index contributed by atoms with van der Waals surface area (Å²) < 4.78 is 11.0. The number of benzene rings is 2. The van der Waals surface area contributed by atoms with Gasteiger partial charge in [0.05, 0.1) is 12.0 Å². The molecule has 0 aliphatic heterocycles. The number of hydrogen-bond donors (Lipinski definition) is 1. The fourth-order valence-corrected chi connectivity index (χ4v) is 2.73. The van der Waals surface area contributed by atoms with Crippen LogP contribution in [0.5, 0.6) is 17.2 Å². The quantitative estimate of drug-likeness (QED) is 0.483. The van der Waals surface area contributed by atoms with Crippen LogP contribution in [0.4, 0.5) is 5.69 Å². The Balaban J connectivity index is 2.19. The van der Waals surface area contributed by atoms with E-state index in [-0.39, 0.29) is 39.9 Å². The van der Waals surface area contributed by atoms with Gasteiger partial charge in [-0.3, -0.25) is 14.9 Å². The number of halogens is 1. The van der Waals surface area contributed by atoms with Gasteiger partial charge in [0.25, 0.3) is 5.91 Å². The molecule has 0 bridgehead atoms. The molecule has 0 aliphatic rings. The van der Waals surface area contributed by atoms with E-state index in [2.05, 4.69) is 5.32 Å². The highest BCUT2D eigenvalue weighted by molar-refractivity contribution is 6.30. The molecule has 0 heterocycles. The van der Waals surface area contributed by atoms with Gasteiger partial charge in [-0.15, -0.1) is 0 Å². The molecule has 0 saturated heterocycles. The molecule has 0 radical (unpaired) electrons. The first-order valence-corrected chi connectivity index (χ1v) is 9.34. The summed E-state index contributed by atoms with van der Waals surface area (Å²) in [5, 5.41) is 14.4. The van der Waals surface area contributed by atoms with Crippen molar-refractivity contribution in [3.63, 3.8) is 0 Å². The number of methoxy groups -OCH3 is 1. The predicted octanol–water partition coefficient (Wildman–Crippen LogP) is 4.12. The summed E-state index contributed by atoms with van der Waals surface area (Å²) in [5.74, 6) is 0.309. The minimum atomic E-state index is -0.579. The number of nitro benzene ring substituents is 1. The predicted molar refractivity (Wildman–Crippen MR) is 111 cm³/mol. The third kappa shape index (κ3) is 6.33. The first-order chi connectivity index (χ1) is 13.7. The van der Waals surface area contributed by atoms with Crippen molar-refractivity contribution in [2.45, 2.75) is 19.4 Å². The van der Waals surface area contributed by atoms with Gasteiger partial charge in [-0.1, -0.05) is 11.6 Å². The molecule has 9 heteroatoms. The number of carbonyl (C=O) groups is 1. The Morgan fingerprint density at radius 2 is 1.90 bits per heavy atom. The number of nitrogens with zero attached hydrogens (tertiary/aromatic N) is 2. The smallest absolute Gasteiger partial charge is 0.313 e. The Morgan fingerprint density at radius 3 is 2.52 bits per heavy atom. The third-order valence-corrected chi connectivity index (χ3v) is 4.39. The van der Waals surface area contributed by atoms with E-state index in [1.54, 1.807) is 6.07 Å². The zero-order chi connectivity index (χ0) is 21.6. The summed E-state index contributed by atoms with van der Waals surface area (Å²) in [6, 6.07) is 8.76. The molecule has 1 unspecified atom stereocenters. The fraction of sp³-hybridized carbons (Fsp3) is 0.350. The topological polar surface area (TPSA) is 93.9 Å². The summed E-state index contributed by atoms with van der Waals surface area (Å²) in [5.41, 5.74) is 0.132. The minimum absolute atomic E-state index is 0.00328. The first-order valence-electron chi connectivity index (χ1n) is 8.96. The molecule has 0 aromatic heterocycles. The molecule has 1 atom stereocenters. The van der Waals surface area contributed by atoms with Crippen LogP contribution in [0.3, 0.4) is 0 Å². The van der Waals surface area contributed by atoms with Crippen LogP contribution < -0.4 is 14.8 Å². The second-order valence-corrected chi connectivity index (χ2v) is 7.24. The summed E-state index contributed by atoms with van der Waals surface area (Å²) in [6.45, 7) is 2.80. The van der Waals surface area contributed by atoms with Gasteiger partial charge in [0.15, 0.2) is 11.5 Å². The molecule has 0 aliphatic carbocycles. The highest BCUT2D eigenvalue weighted by atomic mass is 35.5. The summed E-state index contributed by atoms with van der Waals surface area (Å²) in [6.07, 6.45) is 0.817. The normalized spacial score (nSPS) is 11.8. The number of carbonyl (C=O) groups excluding carboxylic acids is 1. The van der Waals surface area contributed by atoms with Crippen molar-refractivity contribution in [1.29, 1.82) is 0 Å². The molecule has 2 aromatic rings. The number of nitro groups is 1. The molecule has 8 nitrogen and oxygen atoms in total. The molecule has 156 valence electrons. The maximum atomic E-state index is 12.5. The van der Waals surface area contributed by atoms with Gasteiger partial charge < -0.3 is 19.7 Å². The molecule has 0 spiro atoms. The number of rotatable bonds is 9. The Morgan fingerprint density at radius 1 is 1.21 bits per heavy atom. The van der Waals surface area contributed by atoms with Gasteiger partial charge in [-0.05, 0) is 64.3 Å². The van der Waals surface area contributed by atoms with Crippen molar-refractivity contribution >= 4 is 23.2 Å². The maximum absolute atomic E-state index is 12.5. The van der Waals surface area contributed by atoms with Crippen LogP contribution in [0, 0.1) is 10.1 Å². The molecule has 1 N–H and O–H groups in total. The number of amides is 1. The lowest BCUT2D eigenvalue weighted by molar-refractivity contribution is -0.385. The Hall–Kier alpha value is -2.84. The zero-order valence-corrected chi connectivity index (χ0v) is 17.5. The molecule has 2 aromatic carbocycles. The molecule has 0 fully saturated rings. The van der Waals surface area contributed by atoms with Crippen LogP contribution in [-0.4, -0.2) is 49.5 Å². The molecule has 0 saturated carbocycles.